The van der Waals surface area contributed by atoms with Gasteiger partial charge in [0.15, 0.2) is 29.5 Å². The first-order valence-corrected chi connectivity index (χ1v) is 13.0. The zero-order valence-electron chi connectivity index (χ0n) is 23.4. The van der Waals surface area contributed by atoms with Gasteiger partial charge in [0.25, 0.3) is 5.91 Å². The first-order valence-electron chi connectivity index (χ1n) is 13.0. The average Bonchev–Trinajstić information content (AvgIpc) is 3.71. The number of anilines is 1. The van der Waals surface area contributed by atoms with Crippen LogP contribution in [-0.2, 0) is 11.3 Å². The largest absolute Gasteiger partial charge is 0.493 e. The number of nitrogens with one attached hydrogen (secondary N) is 1. The zero-order valence-corrected chi connectivity index (χ0v) is 23.4. The Hall–Kier alpha value is -4.52. The number of allylic oxidation sites excluding steroid dienone is 1. The predicted octanol–water partition coefficient (Wildman–Crippen LogP) is 6.04. The van der Waals surface area contributed by atoms with E-state index in [0.29, 0.717) is 46.6 Å². The molecule has 1 fully saturated rings. The Labute approximate surface area is 240 Å². The van der Waals surface area contributed by atoms with Crippen LogP contribution >= 0.6 is 0 Å². The van der Waals surface area contributed by atoms with Crippen LogP contribution < -0.4 is 24.3 Å². The molecule has 1 aliphatic rings. The summed E-state index contributed by atoms with van der Waals surface area (Å²) in [5, 5.41) is 6.77. The molecule has 4 rings (SSSR count). The van der Waals surface area contributed by atoms with Crippen molar-refractivity contribution < 1.29 is 41.7 Å². The number of carbonyl (C=O) groups is 1. The molecule has 1 aromatic heterocycles. The molecule has 0 unspecified atom stereocenters. The first kappa shape index (κ1) is 30.4. The number of halogens is 3. The summed E-state index contributed by atoms with van der Waals surface area (Å²) in [6.45, 7) is 4.43. The molecule has 3 aromatic rings. The third-order valence-electron chi connectivity index (χ3n) is 6.07. The molecular formula is C29H31F3N4O6. The van der Waals surface area contributed by atoms with Crippen LogP contribution in [0.4, 0.5) is 24.5 Å². The molecule has 0 saturated heterocycles. The fourth-order valence-corrected chi connectivity index (χ4v) is 3.88. The molecule has 0 bridgehead atoms. The van der Waals surface area contributed by atoms with E-state index in [9.17, 15) is 18.0 Å². The topological polar surface area (TPSA) is 105 Å². The second kappa shape index (κ2) is 13.4. The van der Waals surface area contributed by atoms with Crippen molar-refractivity contribution in [2.75, 3.05) is 32.8 Å². The van der Waals surface area contributed by atoms with Gasteiger partial charge in [-0.3, -0.25) is 14.5 Å². The van der Waals surface area contributed by atoms with E-state index in [1.54, 1.807) is 49.4 Å². The third kappa shape index (κ3) is 8.03. The second-order valence-corrected chi connectivity index (χ2v) is 9.19. The number of aliphatic imine (C=N–C) groups is 1. The Kier molecular flexibility index (Phi) is 9.73. The number of hydrogen-bond acceptors (Lipinski definition) is 8. The van der Waals surface area contributed by atoms with Gasteiger partial charge in [-0.1, -0.05) is 0 Å². The minimum Gasteiger partial charge on any atom is -0.493 e. The van der Waals surface area contributed by atoms with Gasteiger partial charge >= 0.3 is 6.18 Å². The van der Waals surface area contributed by atoms with Crippen molar-refractivity contribution in [1.82, 2.24) is 9.78 Å². The molecule has 1 amide bonds. The molecule has 0 spiro atoms. The highest BCUT2D eigenvalue weighted by Crippen LogP contribution is 2.38. The fourth-order valence-electron chi connectivity index (χ4n) is 3.88. The van der Waals surface area contributed by atoms with Gasteiger partial charge in [0.1, 0.15) is 11.5 Å². The van der Waals surface area contributed by atoms with Crippen LogP contribution in [-0.4, -0.2) is 62.1 Å². The van der Waals surface area contributed by atoms with Crippen molar-refractivity contribution in [2.45, 2.75) is 38.6 Å². The minimum atomic E-state index is -4.58. The van der Waals surface area contributed by atoms with E-state index < -0.39 is 18.7 Å². The van der Waals surface area contributed by atoms with Gasteiger partial charge in [0, 0.05) is 17.3 Å². The second-order valence-electron chi connectivity index (χ2n) is 9.19. The van der Waals surface area contributed by atoms with Crippen molar-refractivity contribution >= 4 is 29.8 Å². The first-order chi connectivity index (χ1) is 20.1. The van der Waals surface area contributed by atoms with Crippen molar-refractivity contribution in [3.05, 3.63) is 59.9 Å². The number of nitrogens with zero attached hydrogens (tertiary/aromatic N) is 3. The molecule has 1 N–H and O–H groups in total. The van der Waals surface area contributed by atoms with Crippen LogP contribution in [0.5, 0.6) is 23.0 Å². The summed E-state index contributed by atoms with van der Waals surface area (Å²) in [6, 6.07) is 9.81. The van der Waals surface area contributed by atoms with Crippen LogP contribution in [0, 0.1) is 0 Å². The Morgan fingerprint density at radius 1 is 1.14 bits per heavy atom. The van der Waals surface area contributed by atoms with E-state index in [4.69, 9.17) is 23.7 Å². The number of alkyl halides is 3. The van der Waals surface area contributed by atoms with Crippen molar-refractivity contribution in [3.63, 3.8) is 0 Å². The Morgan fingerprint density at radius 2 is 1.83 bits per heavy atom. The van der Waals surface area contributed by atoms with Crippen LogP contribution in [0.3, 0.4) is 0 Å². The standard InChI is InChI=1S/C29H31F3N4O6/c1-5-23(21-14-24(38-3)25(39-4)15-22(21)33-2)42-20-8-6-18(7-9-20)34-28(37)27-26(41-17-29(30,31)32)16-36(35-27)12-13-40-19-10-11-19/h5-9,14-16,19H,2,10-13,17H2,1,3-4H3,(H,34,37)/b23-5+. The molecule has 10 nitrogen and oxygen atoms in total. The molecular weight excluding hydrogens is 557 g/mol. The number of aromatic nitrogens is 2. The maximum Gasteiger partial charge on any atom is 0.422 e. The Balaban J connectivity index is 1.46. The van der Waals surface area contributed by atoms with E-state index in [1.165, 1.54) is 25.1 Å². The fraction of sp³-hybridized carbons (Fsp3) is 0.345. The maximum absolute atomic E-state index is 13.0. The quantitative estimate of drug-likeness (QED) is 0.181. The molecule has 42 heavy (non-hydrogen) atoms. The van der Waals surface area contributed by atoms with Gasteiger partial charge < -0.3 is 29.0 Å². The van der Waals surface area contributed by atoms with Gasteiger partial charge in [0.2, 0.25) is 0 Å². The zero-order chi connectivity index (χ0) is 30.3. The predicted molar refractivity (Wildman–Crippen MR) is 150 cm³/mol. The molecule has 0 atom stereocenters. The van der Waals surface area contributed by atoms with Gasteiger partial charge in [0.05, 0.1) is 45.4 Å². The maximum atomic E-state index is 13.0. The number of benzene rings is 2. The van der Waals surface area contributed by atoms with Gasteiger partial charge in [-0.25, -0.2) is 0 Å². The Bertz CT molecular complexity index is 1430. The summed E-state index contributed by atoms with van der Waals surface area (Å²) >= 11 is 0. The van der Waals surface area contributed by atoms with Gasteiger partial charge in [-0.05, 0) is 62.9 Å². The summed E-state index contributed by atoms with van der Waals surface area (Å²) in [5.74, 6) is 0.872. The summed E-state index contributed by atoms with van der Waals surface area (Å²) in [5.41, 5.74) is 1.22. The van der Waals surface area contributed by atoms with Gasteiger partial charge in [-0.2, -0.15) is 18.3 Å². The summed E-state index contributed by atoms with van der Waals surface area (Å²) in [4.78, 5) is 17.0. The molecule has 13 heteroatoms. The SMILES string of the molecule is C=Nc1cc(OC)c(OC)cc1/C(=C\C)Oc1ccc(NC(=O)c2nn(CCOC3CC3)cc2OCC(F)(F)F)cc1. The van der Waals surface area contributed by atoms with Gasteiger partial charge in [-0.15, -0.1) is 0 Å². The molecule has 2 aromatic carbocycles. The summed E-state index contributed by atoms with van der Waals surface area (Å²) in [7, 11) is 3.04. The van der Waals surface area contributed by atoms with E-state index in [2.05, 4.69) is 22.1 Å². The van der Waals surface area contributed by atoms with Crippen LogP contribution in [0.25, 0.3) is 5.76 Å². The van der Waals surface area contributed by atoms with Crippen molar-refractivity contribution in [1.29, 1.82) is 0 Å². The third-order valence-corrected chi connectivity index (χ3v) is 6.07. The molecule has 0 aliphatic heterocycles. The molecule has 0 radical (unpaired) electrons. The summed E-state index contributed by atoms with van der Waals surface area (Å²) < 4.78 is 67.0. The molecule has 224 valence electrons. The number of hydrogen-bond donors (Lipinski definition) is 1. The lowest BCUT2D eigenvalue weighted by molar-refractivity contribution is -0.153. The number of ether oxygens (including phenoxy) is 5. The average molecular weight is 589 g/mol. The smallest absolute Gasteiger partial charge is 0.422 e. The van der Waals surface area contributed by atoms with Crippen LogP contribution in [0.1, 0.15) is 35.8 Å². The highest BCUT2D eigenvalue weighted by molar-refractivity contribution is 6.04. The lowest BCUT2D eigenvalue weighted by Gasteiger charge is -2.16. The highest BCUT2D eigenvalue weighted by Gasteiger charge is 2.30. The molecule has 1 saturated carbocycles. The van der Waals surface area contributed by atoms with E-state index in [0.717, 1.165) is 12.8 Å². The molecule has 1 aliphatic carbocycles. The van der Waals surface area contributed by atoms with E-state index in [-0.39, 0.29) is 24.1 Å². The lowest BCUT2D eigenvalue weighted by Crippen LogP contribution is -2.21. The number of carbonyl (C=O) groups excluding carboxylic acids is 1. The minimum absolute atomic E-state index is 0.208. The lowest BCUT2D eigenvalue weighted by atomic mass is 10.1. The Morgan fingerprint density at radius 3 is 2.43 bits per heavy atom. The molecule has 1 heterocycles. The number of rotatable bonds is 14. The number of methoxy groups -OCH3 is 2. The monoisotopic (exact) mass is 588 g/mol. The van der Waals surface area contributed by atoms with Crippen molar-refractivity contribution in [2.24, 2.45) is 4.99 Å². The number of amides is 1. The summed E-state index contributed by atoms with van der Waals surface area (Å²) in [6.07, 6.45) is 0.602. The highest BCUT2D eigenvalue weighted by atomic mass is 19.4. The van der Waals surface area contributed by atoms with Crippen molar-refractivity contribution in [3.8, 4) is 23.0 Å². The van der Waals surface area contributed by atoms with Crippen LogP contribution in [0.15, 0.2) is 53.7 Å². The normalized spacial score (nSPS) is 13.4. The van der Waals surface area contributed by atoms with E-state index in [1.807, 2.05) is 0 Å². The van der Waals surface area contributed by atoms with Crippen LogP contribution in [0.2, 0.25) is 0 Å². The van der Waals surface area contributed by atoms with E-state index >= 15 is 0 Å².